The van der Waals surface area contributed by atoms with Gasteiger partial charge >= 0.3 is 5.97 Å². The van der Waals surface area contributed by atoms with Gasteiger partial charge in [0.05, 0.1) is 20.3 Å². The number of aliphatic carboxylic acids is 1. The fourth-order valence-electron chi connectivity index (χ4n) is 2.28. The second kappa shape index (κ2) is 5.93. The maximum atomic E-state index is 12.1. The first-order valence-corrected chi connectivity index (χ1v) is 6.96. The van der Waals surface area contributed by atoms with Gasteiger partial charge in [0.1, 0.15) is 5.75 Å². The third-order valence-electron chi connectivity index (χ3n) is 3.51. The average Bonchev–Trinajstić information content (AvgIpc) is 2.43. The Balaban J connectivity index is 2.38. The molecule has 0 aromatic heterocycles. The molecular formula is C14H15BrO5. The van der Waals surface area contributed by atoms with Gasteiger partial charge in [0, 0.05) is 10.9 Å². The van der Waals surface area contributed by atoms with Gasteiger partial charge in [-0.15, -0.1) is 0 Å². The van der Waals surface area contributed by atoms with Gasteiger partial charge in [-0.25, -0.2) is 0 Å². The lowest BCUT2D eigenvalue weighted by Crippen LogP contribution is -2.48. The van der Waals surface area contributed by atoms with E-state index in [4.69, 9.17) is 9.47 Å². The Hall–Kier alpha value is -1.40. The molecule has 1 N–H and O–H groups in total. The maximum Gasteiger partial charge on any atom is 0.319 e. The Morgan fingerprint density at radius 3 is 2.90 bits per heavy atom. The molecule has 1 aromatic carbocycles. The number of ketones is 1. The van der Waals surface area contributed by atoms with E-state index in [1.165, 1.54) is 7.11 Å². The monoisotopic (exact) mass is 342 g/mol. The first kappa shape index (κ1) is 15.0. The van der Waals surface area contributed by atoms with E-state index in [2.05, 4.69) is 15.9 Å². The van der Waals surface area contributed by atoms with Crippen molar-refractivity contribution in [2.24, 2.45) is 5.41 Å². The van der Waals surface area contributed by atoms with E-state index >= 15 is 0 Å². The highest BCUT2D eigenvalue weighted by Crippen LogP contribution is 2.34. The van der Waals surface area contributed by atoms with Crippen LogP contribution in [0.1, 0.15) is 12.0 Å². The van der Waals surface area contributed by atoms with Crippen LogP contribution in [0.2, 0.25) is 0 Å². The molecule has 0 bridgehead atoms. The van der Waals surface area contributed by atoms with Crippen molar-refractivity contribution in [1.29, 1.82) is 0 Å². The van der Waals surface area contributed by atoms with Crippen LogP contribution in [0.4, 0.5) is 0 Å². The molecule has 6 heteroatoms. The van der Waals surface area contributed by atoms with Gasteiger partial charge in [-0.1, -0.05) is 15.9 Å². The highest BCUT2D eigenvalue weighted by Gasteiger charge is 2.48. The summed E-state index contributed by atoms with van der Waals surface area (Å²) in [5.74, 6) is -0.809. The Morgan fingerprint density at radius 2 is 2.30 bits per heavy atom. The van der Waals surface area contributed by atoms with E-state index in [1.54, 1.807) is 18.2 Å². The van der Waals surface area contributed by atoms with E-state index < -0.39 is 11.4 Å². The van der Waals surface area contributed by atoms with E-state index in [1.807, 2.05) is 0 Å². The Kier molecular flexibility index (Phi) is 4.45. The van der Waals surface area contributed by atoms with Gasteiger partial charge in [-0.3, -0.25) is 9.59 Å². The second-order valence-corrected chi connectivity index (χ2v) is 5.60. The molecule has 1 unspecified atom stereocenters. The minimum Gasteiger partial charge on any atom is -0.497 e. The normalized spacial score (nSPS) is 22.6. The number of carbonyl (C=O) groups is 2. The molecular weight excluding hydrogens is 328 g/mol. The minimum absolute atomic E-state index is 0.0823. The van der Waals surface area contributed by atoms with Crippen molar-refractivity contribution >= 4 is 27.7 Å². The van der Waals surface area contributed by atoms with Crippen molar-refractivity contribution in [2.75, 3.05) is 20.3 Å². The van der Waals surface area contributed by atoms with Crippen LogP contribution >= 0.6 is 15.9 Å². The molecule has 0 amide bonds. The highest BCUT2D eigenvalue weighted by molar-refractivity contribution is 9.10. The number of carboxylic acids is 1. The Labute approximate surface area is 125 Å². The summed E-state index contributed by atoms with van der Waals surface area (Å²) in [6.07, 6.45) is 0.215. The van der Waals surface area contributed by atoms with Crippen molar-refractivity contribution < 1.29 is 24.2 Å². The number of ether oxygens (including phenoxy) is 2. The zero-order valence-electron chi connectivity index (χ0n) is 11.0. The summed E-state index contributed by atoms with van der Waals surface area (Å²) in [6, 6.07) is 5.27. The van der Waals surface area contributed by atoms with Gasteiger partial charge < -0.3 is 14.6 Å². The molecule has 1 aliphatic rings. The van der Waals surface area contributed by atoms with E-state index in [0.29, 0.717) is 11.3 Å². The first-order chi connectivity index (χ1) is 9.49. The van der Waals surface area contributed by atoms with Crippen LogP contribution in [-0.4, -0.2) is 37.2 Å². The van der Waals surface area contributed by atoms with Crippen LogP contribution in [0.15, 0.2) is 22.7 Å². The standard InChI is InChI=1S/C14H15BrO5/c1-19-10-2-3-11(15)9(6-10)7-14(13(17)18)8-20-5-4-12(14)16/h2-3,6H,4-5,7-8H2,1H3,(H,17,18). The largest absolute Gasteiger partial charge is 0.497 e. The Morgan fingerprint density at radius 1 is 1.55 bits per heavy atom. The smallest absolute Gasteiger partial charge is 0.319 e. The van der Waals surface area contributed by atoms with Crippen LogP contribution in [0.25, 0.3) is 0 Å². The topological polar surface area (TPSA) is 72.8 Å². The van der Waals surface area contributed by atoms with Gasteiger partial charge in [0.15, 0.2) is 11.2 Å². The molecule has 0 saturated carbocycles. The van der Waals surface area contributed by atoms with Gasteiger partial charge in [-0.2, -0.15) is 0 Å². The lowest BCUT2D eigenvalue weighted by Gasteiger charge is -2.31. The van der Waals surface area contributed by atoms with Crippen molar-refractivity contribution in [3.05, 3.63) is 28.2 Å². The summed E-state index contributed by atoms with van der Waals surface area (Å²) in [6.45, 7) is 0.192. The number of methoxy groups -OCH3 is 1. The molecule has 1 heterocycles. The first-order valence-electron chi connectivity index (χ1n) is 6.16. The zero-order chi connectivity index (χ0) is 14.8. The summed E-state index contributed by atoms with van der Waals surface area (Å²) in [7, 11) is 1.54. The molecule has 1 aromatic rings. The fourth-order valence-corrected chi connectivity index (χ4v) is 2.66. The minimum atomic E-state index is -1.51. The van der Waals surface area contributed by atoms with Crippen molar-refractivity contribution in [3.63, 3.8) is 0 Å². The van der Waals surface area contributed by atoms with Crippen LogP contribution in [0.3, 0.4) is 0 Å². The number of Topliss-reactive ketones (excluding diaryl/α,β-unsaturated/α-hetero) is 1. The second-order valence-electron chi connectivity index (χ2n) is 4.75. The number of carboxylic acid groups (broad SMARTS) is 1. The number of halogens is 1. The van der Waals surface area contributed by atoms with Gasteiger partial charge in [0.25, 0.3) is 0 Å². The summed E-state index contributed by atoms with van der Waals surface area (Å²) < 4.78 is 11.1. The summed E-state index contributed by atoms with van der Waals surface area (Å²) >= 11 is 3.38. The highest BCUT2D eigenvalue weighted by atomic mass is 79.9. The molecule has 0 aliphatic carbocycles. The maximum absolute atomic E-state index is 12.1. The summed E-state index contributed by atoms with van der Waals surface area (Å²) in [4.78, 5) is 23.7. The lowest BCUT2D eigenvalue weighted by molar-refractivity contribution is -0.164. The number of hydrogen-bond donors (Lipinski definition) is 1. The molecule has 0 spiro atoms. The SMILES string of the molecule is COc1ccc(Br)c(CC2(C(=O)O)COCCC2=O)c1. The van der Waals surface area contributed by atoms with Crippen molar-refractivity contribution in [1.82, 2.24) is 0 Å². The summed E-state index contributed by atoms with van der Waals surface area (Å²) in [5, 5.41) is 9.49. The number of rotatable bonds is 4. The van der Waals surface area contributed by atoms with Crippen LogP contribution in [-0.2, 0) is 20.7 Å². The molecule has 1 aliphatic heterocycles. The molecule has 1 saturated heterocycles. The number of benzene rings is 1. The van der Waals surface area contributed by atoms with Gasteiger partial charge in [-0.05, 0) is 30.2 Å². The molecule has 1 atom stereocenters. The molecule has 20 heavy (non-hydrogen) atoms. The van der Waals surface area contributed by atoms with Gasteiger partial charge in [0.2, 0.25) is 0 Å². The molecule has 1 fully saturated rings. The number of hydrogen-bond acceptors (Lipinski definition) is 4. The zero-order valence-corrected chi connectivity index (χ0v) is 12.6. The molecule has 108 valence electrons. The quantitative estimate of drug-likeness (QED) is 0.848. The van der Waals surface area contributed by atoms with E-state index in [0.717, 1.165) is 4.47 Å². The molecule has 5 nitrogen and oxygen atoms in total. The van der Waals surface area contributed by atoms with Crippen molar-refractivity contribution in [2.45, 2.75) is 12.8 Å². The van der Waals surface area contributed by atoms with Crippen LogP contribution in [0, 0.1) is 5.41 Å². The molecule has 0 radical (unpaired) electrons. The van der Waals surface area contributed by atoms with E-state index in [9.17, 15) is 14.7 Å². The molecule has 2 rings (SSSR count). The fraction of sp³-hybridized carbons (Fsp3) is 0.429. The number of carbonyl (C=O) groups excluding carboxylic acids is 1. The average molecular weight is 343 g/mol. The lowest BCUT2D eigenvalue weighted by atomic mass is 9.76. The van der Waals surface area contributed by atoms with Crippen molar-refractivity contribution in [3.8, 4) is 5.75 Å². The Bertz CT molecular complexity index is 542. The van der Waals surface area contributed by atoms with Crippen LogP contribution in [0.5, 0.6) is 5.75 Å². The third-order valence-corrected chi connectivity index (χ3v) is 4.28. The summed E-state index contributed by atoms with van der Waals surface area (Å²) in [5.41, 5.74) is -0.793. The van der Waals surface area contributed by atoms with Crippen LogP contribution < -0.4 is 4.74 Å². The third kappa shape index (κ3) is 2.71. The van der Waals surface area contributed by atoms with E-state index in [-0.39, 0.29) is 31.8 Å². The predicted octanol–water partition coefficient (Wildman–Crippen LogP) is 2.06. The predicted molar refractivity (Wildman–Crippen MR) is 74.9 cm³/mol.